The van der Waals surface area contributed by atoms with E-state index in [0.717, 1.165) is 18.6 Å². The van der Waals surface area contributed by atoms with Crippen LogP contribution in [0.5, 0.6) is 5.75 Å². The highest BCUT2D eigenvalue weighted by Crippen LogP contribution is 2.21. The highest BCUT2D eigenvalue weighted by molar-refractivity contribution is 5.76. The molecule has 1 aliphatic carbocycles. The summed E-state index contributed by atoms with van der Waals surface area (Å²) in [5.74, 6) is 1.50. The Kier molecular flexibility index (Phi) is 5.22. The molecule has 0 saturated carbocycles. The van der Waals surface area contributed by atoms with Gasteiger partial charge in [-0.05, 0) is 43.4 Å². The maximum absolute atomic E-state index is 12.0. The number of hydrogen-bond acceptors (Lipinski definition) is 2. The zero-order valence-corrected chi connectivity index (χ0v) is 12.3. The lowest BCUT2D eigenvalue weighted by molar-refractivity contribution is -0.130. The van der Waals surface area contributed by atoms with E-state index in [1.54, 1.807) is 4.90 Å². The fraction of sp³-hybridized carbons (Fsp3) is 0.471. The predicted molar refractivity (Wildman–Crippen MR) is 80.8 cm³/mol. The van der Waals surface area contributed by atoms with Gasteiger partial charge in [0.15, 0.2) is 0 Å². The number of carbonyl (C=O) groups is 1. The van der Waals surface area contributed by atoms with E-state index in [9.17, 15) is 4.79 Å². The number of ether oxygens (including phenoxy) is 1. The SMILES string of the molecule is Cc1cccc(OCCN(C)C(=O)CC2C=CCC2)c1. The molecule has 1 aromatic carbocycles. The van der Waals surface area contributed by atoms with Crippen LogP contribution in [0.2, 0.25) is 0 Å². The Hall–Kier alpha value is -1.77. The summed E-state index contributed by atoms with van der Waals surface area (Å²) >= 11 is 0. The number of amides is 1. The van der Waals surface area contributed by atoms with E-state index in [0.29, 0.717) is 25.5 Å². The molecule has 0 spiro atoms. The van der Waals surface area contributed by atoms with Gasteiger partial charge in [-0.1, -0.05) is 24.3 Å². The molecule has 1 aliphatic rings. The first-order valence-electron chi connectivity index (χ1n) is 7.25. The van der Waals surface area contributed by atoms with Crippen LogP contribution >= 0.6 is 0 Å². The number of carbonyl (C=O) groups excluding carboxylic acids is 1. The van der Waals surface area contributed by atoms with E-state index in [1.807, 2.05) is 38.2 Å². The summed E-state index contributed by atoms with van der Waals surface area (Å²) in [5, 5.41) is 0. The number of likely N-dealkylation sites (N-methyl/N-ethyl adjacent to an activating group) is 1. The van der Waals surface area contributed by atoms with Crippen molar-refractivity contribution in [3.63, 3.8) is 0 Å². The lowest BCUT2D eigenvalue weighted by Crippen LogP contribution is -2.31. The van der Waals surface area contributed by atoms with Crippen molar-refractivity contribution in [3.8, 4) is 5.75 Å². The van der Waals surface area contributed by atoms with E-state index in [4.69, 9.17) is 4.74 Å². The molecule has 1 aromatic rings. The van der Waals surface area contributed by atoms with Crippen molar-refractivity contribution in [2.24, 2.45) is 5.92 Å². The monoisotopic (exact) mass is 273 g/mol. The summed E-state index contributed by atoms with van der Waals surface area (Å²) in [6.45, 7) is 3.20. The van der Waals surface area contributed by atoms with Crippen LogP contribution in [-0.4, -0.2) is 31.0 Å². The van der Waals surface area contributed by atoms with Gasteiger partial charge in [-0.3, -0.25) is 4.79 Å². The Balaban J connectivity index is 1.70. The van der Waals surface area contributed by atoms with E-state index in [-0.39, 0.29) is 5.91 Å². The van der Waals surface area contributed by atoms with Gasteiger partial charge in [0.05, 0.1) is 6.54 Å². The van der Waals surface area contributed by atoms with E-state index in [1.165, 1.54) is 5.56 Å². The molecule has 0 heterocycles. The van der Waals surface area contributed by atoms with Crippen LogP contribution in [0.25, 0.3) is 0 Å². The number of benzene rings is 1. The van der Waals surface area contributed by atoms with Gasteiger partial charge in [0, 0.05) is 13.5 Å². The molecular formula is C17H23NO2. The van der Waals surface area contributed by atoms with Crippen molar-refractivity contribution in [3.05, 3.63) is 42.0 Å². The molecule has 0 aromatic heterocycles. The Morgan fingerprint density at radius 1 is 1.45 bits per heavy atom. The van der Waals surface area contributed by atoms with Crippen molar-refractivity contribution < 1.29 is 9.53 Å². The Morgan fingerprint density at radius 3 is 3.00 bits per heavy atom. The maximum atomic E-state index is 12.0. The fourth-order valence-electron chi connectivity index (χ4n) is 2.38. The van der Waals surface area contributed by atoms with Gasteiger partial charge < -0.3 is 9.64 Å². The third-order valence-corrected chi connectivity index (χ3v) is 3.66. The summed E-state index contributed by atoms with van der Waals surface area (Å²) in [6, 6.07) is 7.97. The maximum Gasteiger partial charge on any atom is 0.223 e. The van der Waals surface area contributed by atoms with Crippen LogP contribution in [0.4, 0.5) is 0 Å². The van der Waals surface area contributed by atoms with Crippen LogP contribution in [0.15, 0.2) is 36.4 Å². The molecule has 20 heavy (non-hydrogen) atoms. The molecule has 0 fully saturated rings. The summed E-state index contributed by atoms with van der Waals surface area (Å²) < 4.78 is 5.67. The first kappa shape index (κ1) is 14.6. The Bertz CT molecular complexity index is 482. The average molecular weight is 273 g/mol. The van der Waals surface area contributed by atoms with Gasteiger partial charge >= 0.3 is 0 Å². The molecular weight excluding hydrogens is 250 g/mol. The minimum absolute atomic E-state index is 0.203. The number of hydrogen-bond donors (Lipinski definition) is 0. The molecule has 0 aliphatic heterocycles. The molecule has 108 valence electrons. The number of aryl methyl sites for hydroxylation is 1. The van der Waals surface area contributed by atoms with Crippen molar-refractivity contribution in [2.45, 2.75) is 26.2 Å². The lowest BCUT2D eigenvalue weighted by atomic mass is 10.0. The van der Waals surface area contributed by atoms with Gasteiger partial charge in [0.1, 0.15) is 12.4 Å². The van der Waals surface area contributed by atoms with Gasteiger partial charge in [-0.2, -0.15) is 0 Å². The molecule has 0 radical (unpaired) electrons. The average Bonchev–Trinajstić information content (AvgIpc) is 2.91. The molecule has 0 bridgehead atoms. The van der Waals surface area contributed by atoms with Gasteiger partial charge in [-0.15, -0.1) is 0 Å². The highest BCUT2D eigenvalue weighted by Gasteiger charge is 2.16. The zero-order chi connectivity index (χ0) is 14.4. The van der Waals surface area contributed by atoms with E-state index < -0.39 is 0 Å². The quantitative estimate of drug-likeness (QED) is 0.745. The molecule has 1 amide bonds. The largest absolute Gasteiger partial charge is 0.492 e. The smallest absolute Gasteiger partial charge is 0.223 e. The second-order valence-corrected chi connectivity index (χ2v) is 5.45. The highest BCUT2D eigenvalue weighted by atomic mass is 16.5. The molecule has 3 nitrogen and oxygen atoms in total. The Morgan fingerprint density at radius 2 is 2.30 bits per heavy atom. The van der Waals surface area contributed by atoms with Crippen molar-refractivity contribution in [2.75, 3.05) is 20.2 Å². The first-order chi connectivity index (χ1) is 9.65. The van der Waals surface area contributed by atoms with Crippen LogP contribution < -0.4 is 4.74 Å². The first-order valence-corrected chi connectivity index (χ1v) is 7.25. The number of rotatable bonds is 6. The van der Waals surface area contributed by atoms with E-state index in [2.05, 4.69) is 12.2 Å². The minimum Gasteiger partial charge on any atom is -0.492 e. The molecule has 3 heteroatoms. The normalized spacial score (nSPS) is 17.2. The lowest BCUT2D eigenvalue weighted by Gasteiger charge is -2.19. The van der Waals surface area contributed by atoms with Crippen LogP contribution in [0.3, 0.4) is 0 Å². The van der Waals surface area contributed by atoms with Gasteiger partial charge in [0.2, 0.25) is 5.91 Å². The van der Waals surface area contributed by atoms with Gasteiger partial charge in [-0.25, -0.2) is 0 Å². The van der Waals surface area contributed by atoms with Crippen molar-refractivity contribution in [1.29, 1.82) is 0 Å². The van der Waals surface area contributed by atoms with Crippen molar-refractivity contribution >= 4 is 5.91 Å². The van der Waals surface area contributed by atoms with Crippen LogP contribution in [-0.2, 0) is 4.79 Å². The van der Waals surface area contributed by atoms with E-state index >= 15 is 0 Å². The standard InChI is InChI=1S/C17H23NO2/c1-14-6-5-9-16(12-14)20-11-10-18(2)17(19)13-15-7-3-4-8-15/h3,5-7,9,12,15H,4,8,10-11,13H2,1-2H3. The summed E-state index contributed by atoms with van der Waals surface area (Å²) in [6.07, 6.45) is 7.17. The second kappa shape index (κ2) is 7.13. The number of nitrogens with zero attached hydrogens (tertiary/aromatic N) is 1. The van der Waals surface area contributed by atoms with Crippen LogP contribution in [0, 0.1) is 12.8 Å². The molecule has 1 atom stereocenters. The van der Waals surface area contributed by atoms with Gasteiger partial charge in [0.25, 0.3) is 0 Å². The zero-order valence-electron chi connectivity index (χ0n) is 12.3. The summed E-state index contributed by atoms with van der Waals surface area (Å²) in [5.41, 5.74) is 1.18. The summed E-state index contributed by atoms with van der Waals surface area (Å²) in [4.78, 5) is 13.8. The third kappa shape index (κ3) is 4.41. The third-order valence-electron chi connectivity index (χ3n) is 3.66. The topological polar surface area (TPSA) is 29.5 Å². The summed E-state index contributed by atoms with van der Waals surface area (Å²) in [7, 11) is 1.85. The molecule has 0 N–H and O–H groups in total. The molecule has 0 saturated heterocycles. The second-order valence-electron chi connectivity index (χ2n) is 5.45. The Labute approximate surface area is 121 Å². The number of allylic oxidation sites excluding steroid dienone is 2. The van der Waals surface area contributed by atoms with Crippen molar-refractivity contribution in [1.82, 2.24) is 4.90 Å². The van der Waals surface area contributed by atoms with Crippen LogP contribution in [0.1, 0.15) is 24.8 Å². The molecule has 2 rings (SSSR count). The fourth-order valence-corrected chi connectivity index (χ4v) is 2.38. The molecule has 1 unspecified atom stereocenters. The minimum atomic E-state index is 0.203. The predicted octanol–water partition coefficient (Wildman–Crippen LogP) is 3.19.